The van der Waals surface area contributed by atoms with Gasteiger partial charge < -0.3 is 5.11 Å². The molecule has 1 saturated carbocycles. The number of rotatable bonds is 2. The molecule has 1 heterocycles. The summed E-state index contributed by atoms with van der Waals surface area (Å²) in [7, 11) is 0. The van der Waals surface area contributed by atoms with Crippen LogP contribution in [0.4, 0.5) is 4.39 Å². The van der Waals surface area contributed by atoms with Gasteiger partial charge in [0.15, 0.2) is 11.3 Å². The lowest BCUT2D eigenvalue weighted by Crippen LogP contribution is -2.22. The first-order valence-electron chi connectivity index (χ1n) is 5.61. The van der Waals surface area contributed by atoms with Crippen LogP contribution in [0.15, 0.2) is 16.8 Å². The molecular weight excluding hydrogens is 223 g/mol. The van der Waals surface area contributed by atoms with Gasteiger partial charge in [-0.3, -0.25) is 0 Å². The van der Waals surface area contributed by atoms with Gasteiger partial charge in [0.1, 0.15) is 5.52 Å². The van der Waals surface area contributed by atoms with Crippen LogP contribution < -0.4 is 0 Å². The number of fused-ring (bicyclic) bond motifs is 1. The normalized spacial score (nSPS) is 24.2. The fourth-order valence-corrected chi connectivity index (χ4v) is 2.43. The quantitative estimate of drug-likeness (QED) is 0.868. The average Bonchev–Trinajstić information content (AvgIpc) is 2.90. The van der Waals surface area contributed by atoms with Gasteiger partial charge in [-0.2, -0.15) is 0 Å². The SMILES string of the molecule is CC(C)(O)C1CC1c1cc(F)c2nonc2c1. The minimum Gasteiger partial charge on any atom is -0.390 e. The molecule has 0 amide bonds. The topological polar surface area (TPSA) is 59.2 Å². The summed E-state index contributed by atoms with van der Waals surface area (Å²) in [5, 5.41) is 17.0. The lowest BCUT2D eigenvalue weighted by atomic mass is 9.98. The van der Waals surface area contributed by atoms with E-state index in [0.29, 0.717) is 5.52 Å². The van der Waals surface area contributed by atoms with Crippen LogP contribution in [-0.2, 0) is 0 Å². The van der Waals surface area contributed by atoms with Crippen molar-refractivity contribution in [2.45, 2.75) is 31.8 Å². The second kappa shape index (κ2) is 3.26. The van der Waals surface area contributed by atoms with Crippen LogP contribution in [0, 0.1) is 11.7 Å². The van der Waals surface area contributed by atoms with Gasteiger partial charge in [0.05, 0.1) is 5.60 Å². The maximum atomic E-state index is 13.7. The zero-order chi connectivity index (χ0) is 12.2. The first-order chi connectivity index (χ1) is 7.97. The maximum Gasteiger partial charge on any atom is 0.170 e. The number of benzene rings is 1. The summed E-state index contributed by atoms with van der Waals surface area (Å²) in [5.74, 6) is -0.0371. The molecule has 0 aliphatic heterocycles. The van der Waals surface area contributed by atoms with E-state index in [0.717, 1.165) is 12.0 Å². The molecule has 2 atom stereocenters. The third-order valence-electron chi connectivity index (χ3n) is 3.46. The van der Waals surface area contributed by atoms with Crippen LogP contribution in [0.25, 0.3) is 11.0 Å². The minimum absolute atomic E-state index is 0.161. The zero-order valence-electron chi connectivity index (χ0n) is 9.64. The number of nitrogens with zero attached hydrogens (tertiary/aromatic N) is 2. The largest absolute Gasteiger partial charge is 0.390 e. The number of aromatic nitrogens is 2. The van der Waals surface area contributed by atoms with Crippen molar-refractivity contribution in [2.24, 2.45) is 5.92 Å². The van der Waals surface area contributed by atoms with Crippen LogP contribution in [0.1, 0.15) is 31.7 Å². The number of hydrogen-bond donors (Lipinski definition) is 1. The molecule has 1 aliphatic rings. The maximum absolute atomic E-state index is 13.7. The highest BCUT2D eigenvalue weighted by molar-refractivity contribution is 5.74. The molecule has 5 heteroatoms. The van der Waals surface area contributed by atoms with Crippen LogP contribution in [0.3, 0.4) is 0 Å². The highest BCUT2D eigenvalue weighted by atomic mass is 19.1. The van der Waals surface area contributed by atoms with Crippen LogP contribution >= 0.6 is 0 Å². The molecule has 2 unspecified atom stereocenters. The van der Waals surface area contributed by atoms with Crippen molar-refractivity contribution in [3.05, 3.63) is 23.5 Å². The Hall–Kier alpha value is -1.49. The Morgan fingerprint density at radius 1 is 1.41 bits per heavy atom. The molecule has 2 aromatic rings. The van der Waals surface area contributed by atoms with Gasteiger partial charge in [-0.25, -0.2) is 9.02 Å². The molecule has 1 N–H and O–H groups in total. The van der Waals surface area contributed by atoms with Crippen molar-refractivity contribution < 1.29 is 14.1 Å². The van der Waals surface area contributed by atoms with Gasteiger partial charge in [-0.05, 0) is 60.1 Å². The van der Waals surface area contributed by atoms with Crippen LogP contribution in [-0.4, -0.2) is 21.0 Å². The molecule has 0 bridgehead atoms. The summed E-state index contributed by atoms with van der Waals surface area (Å²) in [6.45, 7) is 3.56. The summed E-state index contributed by atoms with van der Waals surface area (Å²) in [6.07, 6.45) is 0.875. The molecule has 4 nitrogen and oxygen atoms in total. The Labute approximate surface area is 97.4 Å². The van der Waals surface area contributed by atoms with E-state index in [2.05, 4.69) is 14.9 Å². The van der Waals surface area contributed by atoms with E-state index in [1.165, 1.54) is 6.07 Å². The molecule has 1 aliphatic carbocycles. The summed E-state index contributed by atoms with van der Waals surface area (Å²) in [4.78, 5) is 0. The molecule has 90 valence electrons. The minimum atomic E-state index is -0.724. The second-order valence-electron chi connectivity index (χ2n) is 5.24. The Morgan fingerprint density at radius 3 is 2.82 bits per heavy atom. The Kier molecular flexibility index (Phi) is 2.04. The molecular formula is C12H13FN2O2. The summed E-state index contributed by atoms with van der Waals surface area (Å²) >= 11 is 0. The second-order valence-corrected chi connectivity index (χ2v) is 5.24. The van der Waals surface area contributed by atoms with Crippen LogP contribution in [0.5, 0.6) is 0 Å². The highest BCUT2D eigenvalue weighted by Gasteiger charge is 2.47. The van der Waals surface area contributed by atoms with E-state index in [1.54, 1.807) is 19.9 Å². The highest BCUT2D eigenvalue weighted by Crippen LogP contribution is 2.53. The Morgan fingerprint density at radius 2 is 2.18 bits per heavy atom. The van der Waals surface area contributed by atoms with Gasteiger partial charge in [0.25, 0.3) is 0 Å². The van der Waals surface area contributed by atoms with E-state index in [4.69, 9.17) is 0 Å². The molecule has 3 rings (SSSR count). The van der Waals surface area contributed by atoms with Crippen molar-refractivity contribution in [2.75, 3.05) is 0 Å². The van der Waals surface area contributed by atoms with Crippen molar-refractivity contribution in [3.8, 4) is 0 Å². The van der Waals surface area contributed by atoms with Gasteiger partial charge in [-0.15, -0.1) is 0 Å². The van der Waals surface area contributed by atoms with Gasteiger partial charge in [0, 0.05) is 0 Å². The van der Waals surface area contributed by atoms with Crippen molar-refractivity contribution in [3.63, 3.8) is 0 Å². The Bertz CT molecular complexity index is 573. The van der Waals surface area contributed by atoms with E-state index < -0.39 is 11.4 Å². The standard InChI is InChI=1S/C12H13FN2O2/c1-12(2,16)8-5-7(8)6-3-9(13)11-10(4-6)14-17-15-11/h3-4,7-8,16H,5H2,1-2H3. The van der Waals surface area contributed by atoms with Gasteiger partial charge in [0.2, 0.25) is 0 Å². The van der Waals surface area contributed by atoms with Crippen molar-refractivity contribution in [1.29, 1.82) is 0 Å². The van der Waals surface area contributed by atoms with E-state index in [1.807, 2.05) is 0 Å². The van der Waals surface area contributed by atoms with Gasteiger partial charge >= 0.3 is 0 Å². The predicted octanol–water partition coefficient (Wildman–Crippen LogP) is 2.24. The Balaban J connectivity index is 1.98. The van der Waals surface area contributed by atoms with E-state index in [9.17, 15) is 9.50 Å². The number of halogens is 1. The molecule has 0 saturated heterocycles. The lowest BCUT2D eigenvalue weighted by molar-refractivity contribution is 0.0546. The smallest absolute Gasteiger partial charge is 0.170 e. The monoisotopic (exact) mass is 236 g/mol. The summed E-state index contributed by atoms with van der Waals surface area (Å²) in [6, 6.07) is 3.24. The number of hydrogen-bond acceptors (Lipinski definition) is 4. The zero-order valence-corrected chi connectivity index (χ0v) is 9.64. The molecule has 1 aromatic heterocycles. The first-order valence-corrected chi connectivity index (χ1v) is 5.61. The molecule has 1 fully saturated rings. The molecule has 0 radical (unpaired) electrons. The molecule has 1 aromatic carbocycles. The fourth-order valence-electron chi connectivity index (χ4n) is 2.43. The predicted molar refractivity (Wildman–Crippen MR) is 58.9 cm³/mol. The van der Waals surface area contributed by atoms with Crippen molar-refractivity contribution >= 4 is 11.0 Å². The lowest BCUT2D eigenvalue weighted by Gasteiger charge is -2.16. The average molecular weight is 236 g/mol. The first kappa shape index (κ1) is 10.7. The van der Waals surface area contributed by atoms with E-state index in [-0.39, 0.29) is 17.4 Å². The van der Waals surface area contributed by atoms with Gasteiger partial charge in [-0.1, -0.05) is 0 Å². The third-order valence-corrected chi connectivity index (χ3v) is 3.46. The number of aliphatic hydroxyl groups is 1. The van der Waals surface area contributed by atoms with Crippen LogP contribution in [0.2, 0.25) is 0 Å². The molecule has 17 heavy (non-hydrogen) atoms. The molecule has 0 spiro atoms. The van der Waals surface area contributed by atoms with E-state index >= 15 is 0 Å². The van der Waals surface area contributed by atoms with Crippen molar-refractivity contribution in [1.82, 2.24) is 10.3 Å². The third kappa shape index (κ3) is 1.70. The summed E-state index contributed by atoms with van der Waals surface area (Å²) < 4.78 is 18.2. The fraction of sp³-hybridized carbons (Fsp3) is 0.500. The summed E-state index contributed by atoms with van der Waals surface area (Å²) in [5.41, 5.74) is 0.728.